The van der Waals surface area contributed by atoms with Crippen LogP contribution in [0.25, 0.3) is 0 Å². The second-order valence-electron chi connectivity index (χ2n) is 6.44. The summed E-state index contributed by atoms with van der Waals surface area (Å²) in [6.07, 6.45) is 0.748. The molecule has 1 fully saturated rings. The fourth-order valence-electron chi connectivity index (χ4n) is 2.95. The van der Waals surface area contributed by atoms with E-state index in [2.05, 4.69) is 5.32 Å². The number of benzene rings is 2. The van der Waals surface area contributed by atoms with Crippen molar-refractivity contribution in [2.24, 2.45) is 5.41 Å². The second kappa shape index (κ2) is 7.23. The average molecular weight is 358 g/mol. The molecule has 2 aromatic carbocycles. The van der Waals surface area contributed by atoms with Crippen LogP contribution in [-0.4, -0.2) is 23.3 Å². The molecule has 136 valence electrons. The van der Waals surface area contributed by atoms with Crippen molar-refractivity contribution in [2.45, 2.75) is 26.3 Å². The van der Waals surface area contributed by atoms with Gasteiger partial charge in [0.25, 0.3) is 0 Å². The standard InChI is InChI=1S/C20H20F2N2O2/c1-2-24(13-14-7-4-3-5-8-14)19(26)20(11-12-20)18(25)23-17-15(21)9-6-10-16(17)22/h3-10H,2,11-13H2,1H3,(H,23,25). The molecule has 4 nitrogen and oxygen atoms in total. The lowest BCUT2D eigenvalue weighted by atomic mass is 10.0. The van der Waals surface area contributed by atoms with E-state index in [9.17, 15) is 18.4 Å². The molecule has 0 spiro atoms. The van der Waals surface area contributed by atoms with Crippen LogP contribution in [0, 0.1) is 17.0 Å². The highest BCUT2D eigenvalue weighted by molar-refractivity contribution is 6.13. The molecule has 0 saturated heterocycles. The summed E-state index contributed by atoms with van der Waals surface area (Å²) in [5, 5.41) is 2.27. The Bertz CT molecular complexity index is 800. The van der Waals surface area contributed by atoms with Gasteiger partial charge in [-0.1, -0.05) is 36.4 Å². The van der Waals surface area contributed by atoms with E-state index in [1.165, 1.54) is 6.07 Å². The maximum atomic E-state index is 13.8. The zero-order chi connectivity index (χ0) is 18.7. The first kappa shape index (κ1) is 18.0. The highest BCUT2D eigenvalue weighted by Gasteiger charge is 2.58. The van der Waals surface area contributed by atoms with Crippen LogP contribution < -0.4 is 5.32 Å². The van der Waals surface area contributed by atoms with Crippen LogP contribution in [0.15, 0.2) is 48.5 Å². The number of amides is 2. The molecule has 0 bridgehead atoms. The maximum absolute atomic E-state index is 13.8. The third kappa shape index (κ3) is 3.45. The van der Waals surface area contributed by atoms with Crippen LogP contribution in [0.1, 0.15) is 25.3 Å². The largest absolute Gasteiger partial charge is 0.338 e. The molecule has 1 aliphatic carbocycles. The zero-order valence-electron chi connectivity index (χ0n) is 14.5. The van der Waals surface area contributed by atoms with Gasteiger partial charge in [-0.3, -0.25) is 9.59 Å². The molecule has 2 amide bonds. The lowest BCUT2D eigenvalue weighted by molar-refractivity contribution is -0.142. The van der Waals surface area contributed by atoms with Gasteiger partial charge in [0, 0.05) is 13.1 Å². The van der Waals surface area contributed by atoms with E-state index in [0.717, 1.165) is 17.7 Å². The van der Waals surface area contributed by atoms with E-state index in [1.807, 2.05) is 37.3 Å². The Balaban J connectivity index is 1.76. The van der Waals surface area contributed by atoms with Crippen LogP contribution in [0.5, 0.6) is 0 Å². The summed E-state index contributed by atoms with van der Waals surface area (Å²) in [5.41, 5.74) is -0.791. The summed E-state index contributed by atoms with van der Waals surface area (Å²) in [6.45, 7) is 2.67. The first-order valence-electron chi connectivity index (χ1n) is 8.56. The van der Waals surface area contributed by atoms with Crippen molar-refractivity contribution in [3.8, 4) is 0 Å². The second-order valence-corrected chi connectivity index (χ2v) is 6.44. The van der Waals surface area contributed by atoms with E-state index < -0.39 is 28.6 Å². The number of hydrogen-bond acceptors (Lipinski definition) is 2. The number of carbonyl (C=O) groups excluding carboxylic acids is 2. The quantitative estimate of drug-likeness (QED) is 0.800. The fraction of sp³-hybridized carbons (Fsp3) is 0.300. The summed E-state index contributed by atoms with van der Waals surface area (Å²) in [6, 6.07) is 12.8. The predicted octanol–water partition coefficient (Wildman–Crippen LogP) is 3.73. The molecule has 0 atom stereocenters. The third-order valence-corrected chi connectivity index (χ3v) is 4.68. The minimum Gasteiger partial charge on any atom is -0.338 e. The number of nitrogens with one attached hydrogen (secondary N) is 1. The summed E-state index contributed by atoms with van der Waals surface area (Å²) < 4.78 is 27.6. The predicted molar refractivity (Wildman–Crippen MR) is 94.2 cm³/mol. The Labute approximate surface area is 150 Å². The monoisotopic (exact) mass is 358 g/mol. The van der Waals surface area contributed by atoms with Gasteiger partial charge >= 0.3 is 0 Å². The summed E-state index contributed by atoms with van der Waals surface area (Å²) in [7, 11) is 0. The van der Waals surface area contributed by atoms with Crippen LogP contribution in [0.2, 0.25) is 0 Å². The third-order valence-electron chi connectivity index (χ3n) is 4.68. The first-order chi connectivity index (χ1) is 12.5. The number of carbonyl (C=O) groups is 2. The number of para-hydroxylation sites is 1. The van der Waals surface area contributed by atoms with E-state index in [4.69, 9.17) is 0 Å². The lowest BCUT2D eigenvalue weighted by Crippen LogP contribution is -2.42. The minimum absolute atomic E-state index is 0.307. The molecule has 0 aliphatic heterocycles. The average Bonchev–Trinajstić information content (AvgIpc) is 3.45. The van der Waals surface area contributed by atoms with Gasteiger partial charge in [-0.2, -0.15) is 0 Å². The summed E-state index contributed by atoms with van der Waals surface area (Å²) in [4.78, 5) is 27.2. The molecule has 0 heterocycles. The number of nitrogens with zero attached hydrogens (tertiary/aromatic N) is 1. The van der Waals surface area contributed by atoms with Crippen LogP contribution in [-0.2, 0) is 16.1 Å². The highest BCUT2D eigenvalue weighted by atomic mass is 19.1. The lowest BCUT2D eigenvalue weighted by Gasteiger charge is -2.26. The van der Waals surface area contributed by atoms with Crippen molar-refractivity contribution < 1.29 is 18.4 Å². The molecule has 26 heavy (non-hydrogen) atoms. The van der Waals surface area contributed by atoms with Crippen LogP contribution in [0.4, 0.5) is 14.5 Å². The Morgan fingerprint density at radius 3 is 2.19 bits per heavy atom. The molecule has 0 radical (unpaired) electrons. The molecule has 0 unspecified atom stereocenters. The smallest absolute Gasteiger partial charge is 0.240 e. The van der Waals surface area contributed by atoms with Crippen molar-refractivity contribution in [2.75, 3.05) is 11.9 Å². The summed E-state index contributed by atoms with van der Waals surface area (Å²) in [5.74, 6) is -2.69. The van der Waals surface area contributed by atoms with Crippen molar-refractivity contribution in [1.29, 1.82) is 0 Å². The molecule has 1 saturated carbocycles. The van der Waals surface area contributed by atoms with Gasteiger partial charge in [0.1, 0.15) is 22.7 Å². The van der Waals surface area contributed by atoms with Gasteiger partial charge in [0.2, 0.25) is 11.8 Å². The number of hydrogen-bond donors (Lipinski definition) is 1. The van der Waals surface area contributed by atoms with Crippen molar-refractivity contribution in [3.63, 3.8) is 0 Å². The van der Waals surface area contributed by atoms with Crippen molar-refractivity contribution in [1.82, 2.24) is 4.90 Å². The van der Waals surface area contributed by atoms with Crippen LogP contribution in [0.3, 0.4) is 0 Å². The maximum Gasteiger partial charge on any atom is 0.240 e. The van der Waals surface area contributed by atoms with Crippen molar-refractivity contribution in [3.05, 3.63) is 65.7 Å². The Hall–Kier alpha value is -2.76. The molecular weight excluding hydrogens is 338 g/mol. The van der Waals surface area contributed by atoms with E-state index in [0.29, 0.717) is 25.9 Å². The molecule has 3 rings (SSSR count). The van der Waals surface area contributed by atoms with E-state index in [1.54, 1.807) is 4.90 Å². The molecular formula is C20H20F2N2O2. The van der Waals surface area contributed by atoms with Gasteiger partial charge in [0.15, 0.2) is 0 Å². The van der Waals surface area contributed by atoms with Gasteiger partial charge in [0.05, 0.1) is 0 Å². The highest BCUT2D eigenvalue weighted by Crippen LogP contribution is 2.48. The molecule has 1 N–H and O–H groups in total. The normalized spacial score (nSPS) is 14.6. The summed E-state index contributed by atoms with van der Waals surface area (Å²) >= 11 is 0. The first-order valence-corrected chi connectivity index (χ1v) is 8.56. The van der Waals surface area contributed by atoms with Gasteiger partial charge in [-0.25, -0.2) is 8.78 Å². The Kier molecular flexibility index (Phi) is 5.02. The van der Waals surface area contributed by atoms with E-state index >= 15 is 0 Å². The van der Waals surface area contributed by atoms with Crippen molar-refractivity contribution >= 4 is 17.5 Å². The van der Waals surface area contributed by atoms with E-state index in [-0.39, 0.29) is 5.91 Å². The number of rotatable bonds is 6. The van der Waals surface area contributed by atoms with Gasteiger partial charge in [-0.05, 0) is 37.5 Å². The topological polar surface area (TPSA) is 49.4 Å². The SMILES string of the molecule is CCN(Cc1ccccc1)C(=O)C1(C(=O)Nc2c(F)cccc2F)CC1. The molecule has 0 aromatic heterocycles. The molecule has 1 aliphatic rings. The Morgan fingerprint density at radius 2 is 1.65 bits per heavy atom. The number of anilines is 1. The molecule has 6 heteroatoms. The Morgan fingerprint density at radius 1 is 1.04 bits per heavy atom. The van der Waals surface area contributed by atoms with Crippen LogP contribution >= 0.6 is 0 Å². The fourth-order valence-corrected chi connectivity index (χ4v) is 2.95. The van der Waals surface area contributed by atoms with Gasteiger partial charge < -0.3 is 10.2 Å². The number of halogens is 2. The van der Waals surface area contributed by atoms with Gasteiger partial charge in [-0.15, -0.1) is 0 Å². The zero-order valence-corrected chi connectivity index (χ0v) is 14.5. The molecule has 2 aromatic rings. The minimum atomic E-state index is -1.24.